The van der Waals surface area contributed by atoms with E-state index >= 15 is 0 Å². The number of aryl methyl sites for hydroxylation is 1. The van der Waals surface area contributed by atoms with Crippen LogP contribution in [0.3, 0.4) is 0 Å². The first-order valence-corrected chi connectivity index (χ1v) is 50.7. The molecule has 1 unspecified atom stereocenters. The van der Waals surface area contributed by atoms with E-state index in [0.717, 1.165) is 0 Å². The van der Waals surface area contributed by atoms with Crippen molar-refractivity contribution in [3.05, 3.63) is 269 Å². The maximum Gasteiger partial charge on any atom is 0.274 e. The molecule has 0 bridgehead atoms. The van der Waals surface area contributed by atoms with Gasteiger partial charge >= 0.3 is 0 Å². The van der Waals surface area contributed by atoms with Gasteiger partial charge in [-0.25, -0.2) is 25.3 Å². The van der Waals surface area contributed by atoms with Crippen LogP contribution in [-0.2, 0) is 44.1 Å². The molecule has 13 rings (SSSR count). The lowest BCUT2D eigenvalue weighted by atomic mass is 10.1. The van der Waals surface area contributed by atoms with Crippen molar-refractivity contribution < 1.29 is 64.2 Å². The van der Waals surface area contributed by atoms with Gasteiger partial charge in [0.2, 0.25) is 37.8 Å². The SMILES string of the molecule is C=S(=O)(c1cccc(NC(=O)/C=C/CN(C)C)c1)N1CCC(NC(=O)c2n[nH]c(C)c2NC(=O)c2c(Cl)cccc2Cl)CC1.CC(C)c1[nH]nc(C(=O)NC2CCN(S(=O)(=O)c3cccc(NC(=O)/C=C/CN(C)C)c3)CC2)c1NC(=O)c1c(Cl)cccc1Cl.CN(C)C/C=C/C(=O)Nc1cccc(S(=O)(=O)N2CCC(NC(=O)c3[nH]nc(-c4ccccc4)c3NC(=O)c3c(Cl)cccc3Cl)CC2)c1. The molecule has 3 saturated heterocycles. The monoisotopic (exact) mass is 2070 g/mol. The number of amides is 9. The van der Waals surface area contributed by atoms with Crippen molar-refractivity contribution in [2.24, 2.45) is 0 Å². The van der Waals surface area contributed by atoms with Crippen molar-refractivity contribution in [1.82, 2.24) is 74.2 Å². The summed E-state index contributed by atoms with van der Waals surface area (Å²) in [7, 11) is 0.773. The third-order valence-corrected chi connectivity index (χ3v) is 29.9. The number of halogens is 6. The normalized spacial score (nSPS) is 14.8. The molecule has 6 heterocycles. The summed E-state index contributed by atoms with van der Waals surface area (Å²) in [6.45, 7) is 8.76. The van der Waals surface area contributed by atoms with Crippen molar-refractivity contribution in [3.63, 3.8) is 0 Å². The summed E-state index contributed by atoms with van der Waals surface area (Å²) in [5.74, 6) is -0.371. The van der Waals surface area contributed by atoms with Crippen LogP contribution in [0.15, 0.2) is 209 Å². The summed E-state index contributed by atoms with van der Waals surface area (Å²) in [5.41, 5.74) is 4.11. The molecule has 0 saturated carbocycles. The molecule has 0 radical (unpaired) electrons. The second kappa shape index (κ2) is 49.2. The van der Waals surface area contributed by atoms with Crippen LogP contribution >= 0.6 is 69.6 Å². The van der Waals surface area contributed by atoms with E-state index in [1.54, 1.807) is 145 Å². The molecule has 35 nitrogen and oxygen atoms in total. The largest absolute Gasteiger partial charge is 0.348 e. The van der Waals surface area contributed by atoms with E-state index in [-0.39, 0.29) is 159 Å². The molecule has 7 aromatic carbocycles. The summed E-state index contributed by atoms with van der Waals surface area (Å²) >= 11 is 37.3. The smallest absolute Gasteiger partial charge is 0.274 e. The highest BCUT2D eigenvalue weighted by Gasteiger charge is 2.37. The van der Waals surface area contributed by atoms with E-state index in [2.05, 4.69) is 84.3 Å². The van der Waals surface area contributed by atoms with E-state index in [1.165, 1.54) is 63.2 Å². The lowest BCUT2D eigenvalue weighted by Crippen LogP contribution is -2.46. The fourth-order valence-electron chi connectivity index (χ4n) is 14.8. The van der Waals surface area contributed by atoms with Crippen molar-refractivity contribution in [3.8, 4) is 11.3 Å². The minimum absolute atomic E-state index is 0.00861. The molecule has 9 amide bonds. The predicted octanol–water partition coefficient (Wildman–Crippen LogP) is 14.2. The Bertz CT molecular complexity index is 6570. The van der Waals surface area contributed by atoms with Crippen LogP contribution in [0.4, 0.5) is 34.1 Å². The average Bonchev–Trinajstić information content (AvgIpc) is 1.57. The summed E-state index contributed by atoms with van der Waals surface area (Å²) < 4.78 is 72.2. The molecular formula is C95H107Cl6N21O14S3. The van der Waals surface area contributed by atoms with Crippen molar-refractivity contribution in [1.29, 1.82) is 0 Å². The zero-order chi connectivity index (χ0) is 101. The molecule has 0 aliphatic carbocycles. The quantitative estimate of drug-likeness (QED) is 0.0138. The molecule has 3 aliphatic heterocycles. The molecule has 139 heavy (non-hydrogen) atoms. The fourth-order valence-corrected chi connectivity index (χ4v) is 21.2. The molecule has 3 fully saturated rings. The Morgan fingerprint density at radius 3 is 1.12 bits per heavy atom. The third kappa shape index (κ3) is 28.9. The van der Waals surface area contributed by atoms with Crippen LogP contribution in [0.2, 0.25) is 30.1 Å². The van der Waals surface area contributed by atoms with Crippen LogP contribution in [0.5, 0.6) is 0 Å². The van der Waals surface area contributed by atoms with Crippen LogP contribution in [0.1, 0.15) is 132 Å². The summed E-state index contributed by atoms with van der Waals surface area (Å²) in [5, 5.41) is 47.2. The number of rotatable bonds is 32. The van der Waals surface area contributed by atoms with Crippen molar-refractivity contribution in [2.45, 2.75) is 98.0 Å². The number of carbonyl (C=O) groups excluding carboxylic acids is 9. The minimum Gasteiger partial charge on any atom is -0.348 e. The topological polar surface area (TPSA) is 453 Å². The number of nitrogens with zero attached hydrogens (tertiary/aromatic N) is 9. The zero-order valence-electron chi connectivity index (χ0n) is 77.3. The molecule has 0 spiro atoms. The Hall–Kier alpha value is -12.0. The first-order chi connectivity index (χ1) is 66.1. The molecule has 1 atom stereocenters. The lowest BCUT2D eigenvalue weighted by molar-refractivity contribution is -0.112. The Kier molecular flexibility index (Phi) is 38.1. The number of hydrogen-bond donors (Lipinski definition) is 12. The van der Waals surface area contributed by atoms with Crippen LogP contribution < -0.4 is 47.9 Å². The molecular weight excluding hydrogens is 1970 g/mol. The van der Waals surface area contributed by atoms with Gasteiger partial charge in [-0.2, -0.15) is 23.9 Å². The summed E-state index contributed by atoms with van der Waals surface area (Å²) in [6.07, 6.45) is 11.9. The second-order valence-corrected chi connectivity index (χ2v) is 42.2. The molecule has 12 N–H and O–H groups in total. The van der Waals surface area contributed by atoms with Crippen molar-refractivity contribution >= 4 is 193 Å². The zero-order valence-corrected chi connectivity index (χ0v) is 84.3. The van der Waals surface area contributed by atoms with Gasteiger partial charge in [-0.1, -0.05) is 168 Å². The van der Waals surface area contributed by atoms with E-state index < -0.39 is 65.2 Å². The highest BCUT2D eigenvalue weighted by molar-refractivity contribution is 7.98. The first kappa shape index (κ1) is 107. The average molecular weight is 2080 g/mol. The second-order valence-electron chi connectivity index (χ2n) is 33.6. The molecule has 3 aliphatic rings. The van der Waals surface area contributed by atoms with Crippen LogP contribution in [0.25, 0.3) is 11.3 Å². The molecule has 736 valence electrons. The maximum atomic E-state index is 13.8. The van der Waals surface area contributed by atoms with Crippen LogP contribution in [0, 0.1) is 6.92 Å². The first-order valence-electron chi connectivity index (χ1n) is 43.8. The number of aromatic nitrogens is 6. The highest BCUT2D eigenvalue weighted by atomic mass is 35.5. The number of sulfonamides is 2. The Labute approximate surface area is 836 Å². The standard InChI is InChI=1S/C34H35Cl2N7O5S.C31H37Cl2N7O5S.C30H35Cl2N7O4S/c1-42(2)18-8-15-28(44)37-24-11-6-12-25(21-24)49(47,48)43-19-16-23(17-20-43)38-34(46)32-31(30(40-41-32)22-9-4-3-5-10-22)39-33(45)29-26(35)13-7-14-27(29)36;1-19(2)27-28(36-30(42)26-23(32)10-6-11-24(26)33)29(38-37-27)31(43)35-20-13-16-40(17-14-20)46(44,45)22-9-5-8-21(18-22)34-25(41)12-7-15-39(3)4;1-19-27(35-29(41)26-23(31)10-6-11-24(26)32)28(37-36-19)30(42)34-20-13-16-39(17-14-20)44(4,43)22-9-5-8-21(18-22)33-25(40)12-7-15-38(2)3/h3-15,21,23H,16-20H2,1-2H3,(H,37,44)(H,38,46)(H,39,45)(H,40,41);5-12,18-20H,13-17H2,1-4H3,(H,34,41)(H,35,43)(H,36,42)(H,37,38);5-12,18,20H,4,13-17H2,1-3H3,(H,33,40)(H,34,42)(H,35,41)(H,36,37)/b15-8+;2*12-7+. The Morgan fingerprint density at radius 2 is 0.734 bits per heavy atom. The number of piperidine rings is 3. The number of H-pyrrole nitrogens is 3. The highest BCUT2D eigenvalue weighted by Crippen LogP contribution is 2.37. The number of likely N-dealkylation sites (N-methyl/N-ethyl adjacent to an activating group) is 3. The number of carbonyl (C=O) groups is 9. The van der Waals surface area contributed by atoms with Gasteiger partial charge in [-0.05, 0) is 191 Å². The number of nitrogens with one attached hydrogen (secondary N) is 12. The maximum absolute atomic E-state index is 13.8. The predicted molar refractivity (Wildman–Crippen MR) is 546 cm³/mol. The van der Waals surface area contributed by atoms with Gasteiger partial charge in [0.15, 0.2) is 11.4 Å². The van der Waals surface area contributed by atoms with E-state index in [9.17, 15) is 64.2 Å². The summed E-state index contributed by atoms with van der Waals surface area (Å²) in [4.78, 5) is 123. The van der Waals surface area contributed by atoms with E-state index in [1.807, 2.05) is 76.9 Å². The van der Waals surface area contributed by atoms with E-state index in [4.69, 9.17) is 69.6 Å². The minimum atomic E-state index is -3.87. The van der Waals surface area contributed by atoms with E-state index in [0.29, 0.717) is 116 Å². The third-order valence-electron chi connectivity index (χ3n) is 22.0. The number of hydrogen-bond acceptors (Lipinski definition) is 20. The lowest BCUT2D eigenvalue weighted by Gasteiger charge is -2.34. The Morgan fingerprint density at radius 1 is 0.403 bits per heavy atom. The number of anilines is 6. The van der Waals surface area contributed by atoms with Gasteiger partial charge in [0.1, 0.15) is 17.1 Å². The van der Waals surface area contributed by atoms with Crippen molar-refractivity contribution in [2.75, 3.05) is 133 Å². The summed E-state index contributed by atoms with van der Waals surface area (Å²) in [6, 6.07) is 41.3. The van der Waals surface area contributed by atoms with Gasteiger partial charge in [-0.3, -0.25) is 58.4 Å². The Balaban J connectivity index is 0.000000200. The molecule has 10 aromatic rings. The number of aromatic amines is 3. The molecule has 3 aromatic heterocycles. The van der Waals surface area contributed by atoms with Gasteiger partial charge in [0.05, 0.1) is 89.1 Å². The number of benzene rings is 7. The van der Waals surface area contributed by atoms with Gasteiger partial charge < -0.3 is 62.6 Å². The van der Waals surface area contributed by atoms with Gasteiger partial charge in [-0.15, -0.1) is 0 Å². The van der Waals surface area contributed by atoms with Gasteiger partial charge in [0, 0.05) is 123 Å². The van der Waals surface area contributed by atoms with Crippen LogP contribution in [-0.4, -0.2) is 258 Å². The molecule has 44 heteroatoms. The fraction of sp³-hybridized carbons (Fsp3) is 0.295. The van der Waals surface area contributed by atoms with Gasteiger partial charge in [0.25, 0.3) is 35.4 Å².